The van der Waals surface area contributed by atoms with E-state index in [1.807, 2.05) is 0 Å². The largest absolute Gasteiger partial charge is 0.477 e. The molecule has 2 saturated carbocycles. The van der Waals surface area contributed by atoms with Crippen LogP contribution in [0.15, 0.2) is 0 Å². The molecule has 6 heteroatoms. The Morgan fingerprint density at radius 3 is 2.38 bits per heavy atom. The fraction of sp³-hybridized carbons (Fsp3) is 0.667. The Hall–Kier alpha value is -1.43. The van der Waals surface area contributed by atoms with Gasteiger partial charge in [0, 0.05) is 11.8 Å². The second-order valence-corrected chi connectivity index (χ2v) is 6.99. The van der Waals surface area contributed by atoms with E-state index in [2.05, 4.69) is 10.3 Å². The Morgan fingerprint density at radius 2 is 1.81 bits per heavy atom. The summed E-state index contributed by atoms with van der Waals surface area (Å²) in [6, 6.07) is 0. The van der Waals surface area contributed by atoms with Crippen LogP contribution in [0.3, 0.4) is 0 Å². The highest BCUT2D eigenvalue weighted by atomic mass is 32.1. The molecule has 21 heavy (non-hydrogen) atoms. The lowest BCUT2D eigenvalue weighted by atomic mass is 9.82. The smallest absolute Gasteiger partial charge is 0.347 e. The molecule has 1 aromatic rings. The van der Waals surface area contributed by atoms with Crippen molar-refractivity contribution in [2.45, 2.75) is 57.3 Å². The van der Waals surface area contributed by atoms with Gasteiger partial charge in [-0.2, -0.15) is 0 Å². The number of carboxylic acid groups (broad SMARTS) is 1. The SMILES string of the molecule is O=C(O)c1sc(NC(=O)C2CCCCC2)nc1C1CCC1. The van der Waals surface area contributed by atoms with Crippen LogP contribution in [0.1, 0.15) is 72.7 Å². The maximum absolute atomic E-state index is 12.2. The van der Waals surface area contributed by atoms with Gasteiger partial charge >= 0.3 is 5.97 Å². The van der Waals surface area contributed by atoms with Crippen molar-refractivity contribution in [2.24, 2.45) is 5.92 Å². The first kappa shape index (κ1) is 14.5. The van der Waals surface area contributed by atoms with Gasteiger partial charge in [0.15, 0.2) is 5.13 Å². The molecular weight excluding hydrogens is 288 g/mol. The van der Waals surface area contributed by atoms with Crippen LogP contribution in [0.2, 0.25) is 0 Å². The van der Waals surface area contributed by atoms with E-state index < -0.39 is 5.97 Å². The summed E-state index contributed by atoms with van der Waals surface area (Å²) in [6.07, 6.45) is 8.39. The fourth-order valence-electron chi connectivity index (χ4n) is 3.07. The molecule has 0 spiro atoms. The molecule has 1 heterocycles. The summed E-state index contributed by atoms with van der Waals surface area (Å²) in [5.41, 5.74) is 0.665. The number of nitrogens with zero attached hydrogens (tertiary/aromatic N) is 1. The van der Waals surface area contributed by atoms with E-state index in [-0.39, 0.29) is 17.7 Å². The van der Waals surface area contributed by atoms with Crippen molar-refractivity contribution in [1.82, 2.24) is 4.98 Å². The van der Waals surface area contributed by atoms with Crippen LogP contribution in [0.5, 0.6) is 0 Å². The first-order chi connectivity index (χ1) is 10.1. The van der Waals surface area contributed by atoms with Crippen molar-refractivity contribution in [2.75, 3.05) is 5.32 Å². The van der Waals surface area contributed by atoms with Crippen molar-refractivity contribution in [3.63, 3.8) is 0 Å². The zero-order chi connectivity index (χ0) is 14.8. The van der Waals surface area contributed by atoms with Gasteiger partial charge in [-0.25, -0.2) is 9.78 Å². The molecule has 2 aliphatic rings. The van der Waals surface area contributed by atoms with E-state index in [9.17, 15) is 14.7 Å². The Labute approximate surface area is 127 Å². The molecule has 0 saturated heterocycles. The van der Waals surface area contributed by atoms with Crippen molar-refractivity contribution in [3.05, 3.63) is 10.6 Å². The monoisotopic (exact) mass is 308 g/mol. The molecule has 5 nitrogen and oxygen atoms in total. The van der Waals surface area contributed by atoms with Gasteiger partial charge in [0.2, 0.25) is 5.91 Å². The van der Waals surface area contributed by atoms with Gasteiger partial charge in [0.1, 0.15) is 4.88 Å². The van der Waals surface area contributed by atoms with Crippen molar-refractivity contribution >= 4 is 28.3 Å². The number of aromatic nitrogens is 1. The van der Waals surface area contributed by atoms with Crippen molar-refractivity contribution in [3.8, 4) is 0 Å². The first-order valence-corrected chi connectivity index (χ1v) is 8.51. The molecular formula is C15H20N2O3S. The second kappa shape index (κ2) is 6.13. The molecule has 0 radical (unpaired) electrons. The number of carboxylic acids is 1. The van der Waals surface area contributed by atoms with Crippen LogP contribution in [0, 0.1) is 5.92 Å². The summed E-state index contributed by atoms with van der Waals surface area (Å²) in [5, 5.41) is 12.6. The number of thiazole rings is 1. The predicted molar refractivity (Wildman–Crippen MR) is 80.9 cm³/mol. The summed E-state index contributed by atoms with van der Waals surface area (Å²) >= 11 is 1.09. The summed E-state index contributed by atoms with van der Waals surface area (Å²) in [5.74, 6) is -0.621. The maximum atomic E-state index is 12.2. The van der Waals surface area contributed by atoms with E-state index >= 15 is 0 Å². The highest BCUT2D eigenvalue weighted by molar-refractivity contribution is 7.17. The number of nitrogens with one attached hydrogen (secondary N) is 1. The second-order valence-electron chi connectivity index (χ2n) is 5.99. The Balaban J connectivity index is 1.72. The van der Waals surface area contributed by atoms with Crippen LogP contribution in [0.25, 0.3) is 0 Å². The highest BCUT2D eigenvalue weighted by Crippen LogP contribution is 2.40. The fourth-order valence-corrected chi connectivity index (χ4v) is 3.96. The highest BCUT2D eigenvalue weighted by Gasteiger charge is 2.30. The lowest BCUT2D eigenvalue weighted by molar-refractivity contribution is -0.120. The lowest BCUT2D eigenvalue weighted by Gasteiger charge is -2.23. The number of anilines is 1. The molecule has 0 atom stereocenters. The van der Waals surface area contributed by atoms with Crippen LogP contribution in [0.4, 0.5) is 5.13 Å². The van der Waals surface area contributed by atoms with Gasteiger partial charge in [0.25, 0.3) is 0 Å². The van der Waals surface area contributed by atoms with Crippen molar-refractivity contribution < 1.29 is 14.7 Å². The molecule has 2 N–H and O–H groups in total. The standard InChI is InChI=1S/C15H20N2O3S/c18-13(10-5-2-1-3-6-10)17-15-16-11(9-7-4-8-9)12(21-15)14(19)20/h9-10H,1-8H2,(H,19,20)(H,16,17,18). The number of hydrogen-bond acceptors (Lipinski definition) is 4. The van der Waals surface area contributed by atoms with E-state index in [1.165, 1.54) is 6.42 Å². The first-order valence-electron chi connectivity index (χ1n) is 7.70. The molecule has 1 amide bonds. The van der Waals surface area contributed by atoms with Crippen molar-refractivity contribution in [1.29, 1.82) is 0 Å². The zero-order valence-corrected chi connectivity index (χ0v) is 12.7. The van der Waals surface area contributed by atoms with Gasteiger partial charge in [-0.1, -0.05) is 37.0 Å². The normalized spacial score (nSPS) is 20.0. The van der Waals surface area contributed by atoms with E-state index in [0.29, 0.717) is 15.7 Å². The summed E-state index contributed by atoms with van der Waals surface area (Å²) in [4.78, 5) is 28.2. The number of aromatic carboxylic acids is 1. The molecule has 2 fully saturated rings. The van der Waals surface area contributed by atoms with E-state index in [0.717, 1.165) is 56.3 Å². The third kappa shape index (κ3) is 3.10. The quantitative estimate of drug-likeness (QED) is 0.890. The molecule has 3 rings (SSSR count). The number of hydrogen-bond donors (Lipinski definition) is 2. The Bertz CT molecular complexity index is 545. The molecule has 0 aliphatic heterocycles. The topological polar surface area (TPSA) is 79.3 Å². The lowest BCUT2D eigenvalue weighted by Crippen LogP contribution is -2.24. The maximum Gasteiger partial charge on any atom is 0.347 e. The zero-order valence-electron chi connectivity index (χ0n) is 11.9. The van der Waals surface area contributed by atoms with Gasteiger partial charge < -0.3 is 10.4 Å². The number of carbonyl (C=O) groups excluding carboxylic acids is 1. The summed E-state index contributed by atoms with van der Waals surface area (Å²) in [7, 11) is 0. The predicted octanol–water partition coefficient (Wildman–Crippen LogP) is 3.63. The minimum absolute atomic E-state index is 0.000508. The summed E-state index contributed by atoms with van der Waals surface area (Å²) < 4.78 is 0. The minimum atomic E-state index is -0.937. The van der Waals surface area contributed by atoms with Crippen LogP contribution < -0.4 is 5.32 Å². The Morgan fingerprint density at radius 1 is 1.10 bits per heavy atom. The Kier molecular flexibility index (Phi) is 4.24. The third-order valence-corrected chi connectivity index (χ3v) is 5.52. The molecule has 0 aromatic carbocycles. The molecule has 1 aromatic heterocycles. The molecule has 114 valence electrons. The number of amides is 1. The number of carbonyl (C=O) groups is 2. The number of rotatable bonds is 4. The van der Waals surface area contributed by atoms with Gasteiger partial charge in [0.05, 0.1) is 5.69 Å². The van der Waals surface area contributed by atoms with Crippen LogP contribution >= 0.6 is 11.3 Å². The minimum Gasteiger partial charge on any atom is -0.477 e. The molecule has 0 unspecified atom stereocenters. The van der Waals surface area contributed by atoms with Gasteiger partial charge in [-0.3, -0.25) is 4.79 Å². The van der Waals surface area contributed by atoms with Gasteiger partial charge in [-0.05, 0) is 25.7 Å². The van der Waals surface area contributed by atoms with Crippen LogP contribution in [-0.4, -0.2) is 22.0 Å². The summed E-state index contributed by atoms with van der Waals surface area (Å²) in [6.45, 7) is 0. The third-order valence-electron chi connectivity index (χ3n) is 4.55. The average Bonchev–Trinajstić information content (AvgIpc) is 2.81. The molecule has 0 bridgehead atoms. The average molecular weight is 308 g/mol. The van der Waals surface area contributed by atoms with Crippen LogP contribution in [-0.2, 0) is 4.79 Å². The van der Waals surface area contributed by atoms with Gasteiger partial charge in [-0.15, -0.1) is 0 Å². The van der Waals surface area contributed by atoms with E-state index in [4.69, 9.17) is 0 Å². The van der Waals surface area contributed by atoms with E-state index in [1.54, 1.807) is 0 Å². The molecule has 2 aliphatic carbocycles.